The van der Waals surface area contributed by atoms with Crippen LogP contribution in [0.25, 0.3) is 10.2 Å². The molecular formula is C19H17N3O5S. The first-order chi connectivity index (χ1) is 13.3. The van der Waals surface area contributed by atoms with Crippen LogP contribution in [-0.2, 0) is 11.3 Å². The minimum atomic E-state index is -0.450. The van der Waals surface area contributed by atoms with Crippen LogP contribution in [0.2, 0.25) is 0 Å². The Morgan fingerprint density at radius 2 is 1.96 bits per heavy atom. The van der Waals surface area contributed by atoms with Crippen LogP contribution < -0.4 is 20.3 Å². The lowest BCUT2D eigenvalue weighted by atomic mass is 10.1. The third-order valence-electron chi connectivity index (χ3n) is 4.64. The number of carbonyl (C=O) groups is 2. The Balaban J connectivity index is 1.63. The van der Waals surface area contributed by atoms with Crippen molar-refractivity contribution >= 4 is 38.9 Å². The van der Waals surface area contributed by atoms with Gasteiger partial charge in [-0.1, -0.05) is 0 Å². The molecule has 3 aromatic rings. The zero-order chi connectivity index (χ0) is 20.0. The molecule has 9 heteroatoms. The summed E-state index contributed by atoms with van der Waals surface area (Å²) < 4.78 is 11.8. The summed E-state index contributed by atoms with van der Waals surface area (Å²) in [6.45, 7) is 5.04. The summed E-state index contributed by atoms with van der Waals surface area (Å²) in [6, 6.07) is 3.09. The number of ketones is 1. The summed E-state index contributed by atoms with van der Waals surface area (Å²) in [5.41, 5.74) is 1.23. The van der Waals surface area contributed by atoms with Crippen LogP contribution in [0.3, 0.4) is 0 Å². The summed E-state index contributed by atoms with van der Waals surface area (Å²) in [5.74, 6) is 0.231. The predicted octanol–water partition coefficient (Wildman–Crippen LogP) is 2.64. The first-order valence-corrected chi connectivity index (χ1v) is 9.36. The fraction of sp³-hybridized carbons (Fsp3) is 0.263. The van der Waals surface area contributed by atoms with Crippen LogP contribution in [-0.4, -0.2) is 28.0 Å². The first-order valence-electron chi connectivity index (χ1n) is 8.54. The van der Waals surface area contributed by atoms with Gasteiger partial charge in [-0.25, -0.2) is 4.98 Å². The smallest absolute Gasteiger partial charge is 0.262 e. The molecule has 0 aliphatic carbocycles. The molecule has 1 N–H and O–H groups in total. The second-order valence-corrected chi connectivity index (χ2v) is 7.70. The van der Waals surface area contributed by atoms with Gasteiger partial charge >= 0.3 is 0 Å². The van der Waals surface area contributed by atoms with Crippen molar-refractivity contribution in [3.63, 3.8) is 0 Å². The number of thiophene rings is 1. The molecule has 28 heavy (non-hydrogen) atoms. The van der Waals surface area contributed by atoms with Gasteiger partial charge in [-0.05, 0) is 32.4 Å². The Hall–Kier alpha value is -3.20. The quantitative estimate of drug-likeness (QED) is 0.677. The molecule has 4 rings (SSSR count). The molecule has 144 valence electrons. The number of amides is 1. The molecule has 0 fully saturated rings. The highest BCUT2D eigenvalue weighted by atomic mass is 32.1. The fourth-order valence-corrected chi connectivity index (χ4v) is 4.05. The number of hydrogen-bond donors (Lipinski definition) is 1. The van der Waals surface area contributed by atoms with Gasteiger partial charge in [-0.15, -0.1) is 11.3 Å². The average Bonchev–Trinajstić information content (AvgIpc) is 3.21. The summed E-state index contributed by atoms with van der Waals surface area (Å²) in [5, 5.41) is 3.22. The van der Waals surface area contributed by atoms with Crippen molar-refractivity contribution in [2.24, 2.45) is 0 Å². The number of fused-ring (bicyclic) bond motifs is 2. The molecule has 0 saturated carbocycles. The lowest BCUT2D eigenvalue weighted by molar-refractivity contribution is -0.116. The van der Waals surface area contributed by atoms with Crippen LogP contribution in [0.5, 0.6) is 11.5 Å². The van der Waals surface area contributed by atoms with E-state index in [1.807, 2.05) is 13.8 Å². The third-order valence-corrected chi connectivity index (χ3v) is 5.75. The van der Waals surface area contributed by atoms with Crippen molar-refractivity contribution in [2.45, 2.75) is 27.3 Å². The second-order valence-electron chi connectivity index (χ2n) is 6.50. The van der Waals surface area contributed by atoms with E-state index in [2.05, 4.69) is 10.3 Å². The maximum Gasteiger partial charge on any atom is 0.262 e. The summed E-state index contributed by atoms with van der Waals surface area (Å²) >= 11 is 1.45. The number of nitrogens with one attached hydrogen (secondary N) is 1. The molecule has 0 bridgehead atoms. The van der Waals surface area contributed by atoms with E-state index >= 15 is 0 Å². The molecule has 0 unspecified atom stereocenters. The number of aryl methyl sites for hydroxylation is 2. The molecule has 0 radical (unpaired) electrons. The van der Waals surface area contributed by atoms with Gasteiger partial charge in [0.1, 0.15) is 11.4 Å². The highest BCUT2D eigenvalue weighted by Crippen LogP contribution is 2.37. The molecule has 3 heterocycles. The Morgan fingerprint density at radius 3 is 2.68 bits per heavy atom. The number of rotatable bonds is 4. The van der Waals surface area contributed by atoms with E-state index in [-0.39, 0.29) is 24.7 Å². The van der Waals surface area contributed by atoms with Gasteiger partial charge in [0.05, 0.1) is 17.4 Å². The van der Waals surface area contributed by atoms with E-state index < -0.39 is 5.91 Å². The lowest BCUT2D eigenvalue weighted by Crippen LogP contribution is -2.28. The molecule has 2 aromatic heterocycles. The SMILES string of the molecule is CC(=O)c1cc2c(cc1NC(=O)Cn1cnc3sc(C)c(C)c3c1=O)OCO2. The molecule has 8 nitrogen and oxygen atoms in total. The van der Waals surface area contributed by atoms with Gasteiger partial charge in [0.15, 0.2) is 17.3 Å². The summed E-state index contributed by atoms with van der Waals surface area (Å²) in [7, 11) is 0. The van der Waals surface area contributed by atoms with E-state index in [0.717, 1.165) is 10.4 Å². The van der Waals surface area contributed by atoms with Crippen LogP contribution >= 0.6 is 11.3 Å². The van der Waals surface area contributed by atoms with E-state index in [1.54, 1.807) is 6.07 Å². The van der Waals surface area contributed by atoms with E-state index in [1.165, 1.54) is 35.2 Å². The highest BCUT2D eigenvalue weighted by Gasteiger charge is 2.21. The number of benzene rings is 1. The largest absolute Gasteiger partial charge is 0.454 e. The van der Waals surface area contributed by atoms with Crippen LogP contribution in [0.4, 0.5) is 5.69 Å². The van der Waals surface area contributed by atoms with Gasteiger partial charge < -0.3 is 14.8 Å². The number of ether oxygens (including phenoxy) is 2. The Morgan fingerprint density at radius 1 is 1.25 bits per heavy atom. The number of hydrogen-bond acceptors (Lipinski definition) is 7. The normalized spacial score (nSPS) is 12.4. The minimum absolute atomic E-state index is 0.0601. The summed E-state index contributed by atoms with van der Waals surface area (Å²) in [6.07, 6.45) is 1.37. The zero-order valence-corrected chi connectivity index (χ0v) is 16.3. The van der Waals surface area contributed by atoms with Gasteiger partial charge in [0.25, 0.3) is 5.56 Å². The first kappa shape index (κ1) is 18.2. The average molecular weight is 399 g/mol. The van der Waals surface area contributed by atoms with Gasteiger partial charge in [0.2, 0.25) is 12.7 Å². The second kappa shape index (κ2) is 6.75. The van der Waals surface area contributed by atoms with Crippen molar-refractivity contribution in [2.75, 3.05) is 12.1 Å². The van der Waals surface area contributed by atoms with Gasteiger partial charge in [-0.3, -0.25) is 19.0 Å². The van der Waals surface area contributed by atoms with Crippen molar-refractivity contribution in [3.8, 4) is 11.5 Å². The van der Waals surface area contributed by atoms with Crippen molar-refractivity contribution in [3.05, 3.63) is 44.8 Å². The van der Waals surface area contributed by atoms with Crippen LogP contribution in [0, 0.1) is 13.8 Å². The van der Waals surface area contributed by atoms with Crippen LogP contribution in [0.15, 0.2) is 23.3 Å². The third kappa shape index (κ3) is 3.03. The maximum absolute atomic E-state index is 12.7. The molecule has 0 spiro atoms. The minimum Gasteiger partial charge on any atom is -0.454 e. The maximum atomic E-state index is 12.7. The van der Waals surface area contributed by atoms with Crippen molar-refractivity contribution in [1.29, 1.82) is 0 Å². The Bertz CT molecular complexity index is 1190. The monoisotopic (exact) mass is 399 g/mol. The number of aromatic nitrogens is 2. The number of nitrogens with zero attached hydrogens (tertiary/aromatic N) is 2. The van der Waals surface area contributed by atoms with E-state index in [0.29, 0.717) is 33.0 Å². The topological polar surface area (TPSA) is 99.5 Å². The van der Waals surface area contributed by atoms with E-state index in [9.17, 15) is 14.4 Å². The predicted molar refractivity (Wildman–Crippen MR) is 105 cm³/mol. The molecule has 1 aromatic carbocycles. The van der Waals surface area contributed by atoms with Crippen molar-refractivity contribution < 1.29 is 19.1 Å². The molecule has 1 amide bonds. The molecule has 1 aliphatic rings. The van der Waals surface area contributed by atoms with Crippen molar-refractivity contribution in [1.82, 2.24) is 9.55 Å². The molecule has 1 aliphatic heterocycles. The number of Topliss-reactive ketones (excluding diaryl/α,β-unsaturated/α-hetero) is 1. The number of anilines is 1. The molecule has 0 atom stereocenters. The lowest BCUT2D eigenvalue weighted by Gasteiger charge is -2.11. The highest BCUT2D eigenvalue weighted by molar-refractivity contribution is 7.18. The fourth-order valence-electron chi connectivity index (χ4n) is 3.06. The Labute approximate surface area is 163 Å². The zero-order valence-electron chi connectivity index (χ0n) is 15.5. The molecular weight excluding hydrogens is 382 g/mol. The van der Waals surface area contributed by atoms with Gasteiger partial charge in [-0.2, -0.15) is 0 Å². The van der Waals surface area contributed by atoms with Gasteiger partial charge in [0, 0.05) is 16.5 Å². The van der Waals surface area contributed by atoms with E-state index in [4.69, 9.17) is 9.47 Å². The Kier molecular flexibility index (Phi) is 4.38. The molecule has 0 saturated heterocycles. The van der Waals surface area contributed by atoms with Crippen LogP contribution in [0.1, 0.15) is 27.7 Å². The summed E-state index contributed by atoms with van der Waals surface area (Å²) in [4.78, 5) is 43.2. The standard InChI is InChI=1S/C19H17N3O5S/c1-9-11(3)28-18-17(9)19(25)22(7-20-18)6-16(24)21-13-5-15-14(26-8-27-15)4-12(13)10(2)23/h4-5,7H,6,8H2,1-3H3,(H,21,24). The number of carbonyl (C=O) groups excluding carboxylic acids is 2.